The smallest absolute Gasteiger partial charge is 0.429 e. The maximum atomic E-state index is 12.7. The molecule has 0 bridgehead atoms. The van der Waals surface area contributed by atoms with Crippen LogP contribution in [0.5, 0.6) is 0 Å². The van der Waals surface area contributed by atoms with E-state index in [0.29, 0.717) is 37.6 Å². The van der Waals surface area contributed by atoms with Crippen LogP contribution in [0.2, 0.25) is 0 Å². The SMILES string of the molecule is CNCC(COP(=O)(O)O)COP(=O)(O)OCCOOOOO/C=C\OP(=O)(O)OCCOOOOO/C=C/OP(=O)(O)OCC(CNF)COP(=O)(O)OCCOOOOO/C=C/OP(C)(=O)O. The molecule has 0 saturated heterocycles. The number of halogens is 1. The third-order valence-electron chi connectivity index (χ3n) is 5.43. The predicted octanol–water partition coefficient (Wildman–Crippen LogP) is 1.03. The van der Waals surface area contributed by atoms with Crippen LogP contribution in [0.15, 0.2) is 37.6 Å². The van der Waals surface area contributed by atoms with Crippen molar-refractivity contribution in [1.29, 1.82) is 0 Å². The molecule has 40 nitrogen and oxygen atoms in total. The van der Waals surface area contributed by atoms with Gasteiger partial charge in [0.05, 0.1) is 46.2 Å². The average Bonchev–Trinajstić information content (AvgIpc) is 3.25. The topological polar surface area (TPSA) is 499 Å². The number of nitrogens with one attached hydrogen (secondary N) is 2. The Morgan fingerprint density at radius 2 is 0.783 bits per heavy atom. The van der Waals surface area contributed by atoms with Crippen molar-refractivity contribution in [3.63, 3.8) is 0 Å². The molecule has 0 aromatic rings. The standard InChI is InChI=1S/C22H47FN2O38P6/c1-24-15-21(17-51-65(28,29)30)18-52-67(33,34)48-12-6-43-59-62-56-40-4-10-46-66(31,32)47-11-5-41-57-63-60-44-8-14-50-69(37,38)54-20-22(16-25-23)19-53-68(35,36)49-13-7-42-58-61-55-39-3-9-45-64(2,26)27/h3-4,8-10,14,21-22,24-25H,5-7,11-13,15-20H2,1-2H3,(H,26,27)(H,31,32)(H,33,34)(H,35,36)(H,37,38)(H2,28,29,30)/b9-3+,10-4-,14-8+. The van der Waals surface area contributed by atoms with E-state index in [1.165, 1.54) is 12.6 Å². The second-order valence-corrected chi connectivity index (χ2v) is 19.8. The minimum atomic E-state index is -4.92. The molecular formula is C22H47FN2O38P6. The molecule has 0 aromatic carbocycles. The van der Waals surface area contributed by atoms with E-state index in [0.717, 1.165) is 6.66 Å². The molecule has 0 aliphatic carbocycles. The van der Waals surface area contributed by atoms with E-state index in [1.54, 1.807) is 0 Å². The summed E-state index contributed by atoms with van der Waals surface area (Å²) < 4.78 is 127. The van der Waals surface area contributed by atoms with E-state index in [4.69, 9.17) is 19.2 Å². The number of rotatable bonds is 49. The summed E-state index contributed by atoms with van der Waals surface area (Å²) in [6.45, 7) is -5.78. The summed E-state index contributed by atoms with van der Waals surface area (Å²) in [7, 11) is -26.2. The van der Waals surface area contributed by atoms with Gasteiger partial charge in [-0.3, -0.25) is 41.5 Å². The van der Waals surface area contributed by atoms with Gasteiger partial charge in [-0.15, -0.1) is 4.48 Å². The summed E-state index contributed by atoms with van der Waals surface area (Å²) in [6, 6.07) is 0. The van der Waals surface area contributed by atoms with Crippen molar-refractivity contribution in [2.45, 2.75) is 0 Å². The molecule has 410 valence electrons. The van der Waals surface area contributed by atoms with Gasteiger partial charge in [0.1, 0.15) is 38.6 Å². The Labute approximate surface area is 385 Å². The van der Waals surface area contributed by atoms with Gasteiger partial charge < -0.3 is 58.0 Å². The first-order chi connectivity index (χ1) is 32.4. The van der Waals surface area contributed by atoms with Crippen LogP contribution in [0.3, 0.4) is 0 Å². The Morgan fingerprint density at radius 1 is 0.435 bits per heavy atom. The maximum absolute atomic E-state index is 12.7. The summed E-state index contributed by atoms with van der Waals surface area (Å²) in [6.07, 6.45) is 3.11. The minimum absolute atomic E-state index is 0.108. The first-order valence-corrected chi connectivity index (χ1v) is 27.0. The molecule has 7 unspecified atom stereocenters. The summed E-state index contributed by atoms with van der Waals surface area (Å²) in [5, 5.41) is 38.1. The Balaban J connectivity index is 4.02. The van der Waals surface area contributed by atoms with Crippen molar-refractivity contribution in [2.24, 2.45) is 11.8 Å². The zero-order chi connectivity index (χ0) is 52.0. The van der Waals surface area contributed by atoms with Crippen LogP contribution in [-0.2, 0) is 147 Å². The lowest BCUT2D eigenvalue weighted by atomic mass is 10.2. The summed E-state index contributed by atoms with van der Waals surface area (Å²) >= 11 is 0. The first kappa shape index (κ1) is 67.2. The van der Waals surface area contributed by atoms with E-state index in [9.17, 15) is 51.4 Å². The Kier molecular flexibility index (Phi) is 37.8. The van der Waals surface area contributed by atoms with Crippen LogP contribution in [0.4, 0.5) is 4.48 Å². The zero-order valence-corrected chi connectivity index (χ0v) is 40.3. The molecule has 0 aromatic heterocycles. The molecule has 47 heteroatoms. The van der Waals surface area contributed by atoms with Crippen LogP contribution in [0.1, 0.15) is 0 Å². The van der Waals surface area contributed by atoms with E-state index in [-0.39, 0.29) is 6.54 Å². The Morgan fingerprint density at radius 3 is 1.16 bits per heavy atom. The normalized spacial score (nSPS) is 17.7. The van der Waals surface area contributed by atoms with Crippen LogP contribution in [0, 0.1) is 11.8 Å². The molecule has 0 aliphatic rings. The van der Waals surface area contributed by atoms with Gasteiger partial charge in [0.15, 0.2) is 18.8 Å². The van der Waals surface area contributed by atoms with E-state index >= 15 is 0 Å². The third kappa shape index (κ3) is 47.0. The van der Waals surface area contributed by atoms with Gasteiger partial charge in [0, 0.05) is 61.8 Å². The monoisotopic (exact) mass is 1150 g/mol. The molecule has 0 aliphatic heterocycles. The lowest BCUT2D eigenvalue weighted by molar-refractivity contribution is -0.700. The number of phosphoric ester groups is 5. The van der Waals surface area contributed by atoms with E-state index in [1.807, 2.05) is 0 Å². The van der Waals surface area contributed by atoms with Crippen LogP contribution in [-0.4, -0.2) is 127 Å². The maximum Gasteiger partial charge on any atom is 0.527 e. The fourth-order valence-corrected chi connectivity index (χ4v) is 6.42. The van der Waals surface area contributed by atoms with Gasteiger partial charge in [-0.05, 0) is 22.2 Å². The van der Waals surface area contributed by atoms with Crippen molar-refractivity contribution < 1.29 is 186 Å². The Bertz CT molecular complexity index is 1700. The van der Waals surface area contributed by atoms with Gasteiger partial charge in [0.2, 0.25) is 0 Å². The third-order valence-corrected chi connectivity index (χ3v) is 10.2. The second kappa shape index (κ2) is 38.8. The van der Waals surface area contributed by atoms with Crippen molar-refractivity contribution in [2.75, 3.05) is 92.9 Å². The molecule has 0 amide bonds. The summed E-state index contributed by atoms with van der Waals surface area (Å²) in [5.74, 6) is -1.93. The molecule has 0 spiro atoms. The van der Waals surface area contributed by atoms with Gasteiger partial charge in [-0.2, -0.15) is 5.54 Å². The van der Waals surface area contributed by atoms with Crippen LogP contribution in [0.25, 0.3) is 0 Å². The number of phosphoric acid groups is 5. The Hall–Kier alpha value is -1.79. The van der Waals surface area contributed by atoms with Gasteiger partial charge in [-0.1, -0.05) is 0 Å². The average molecular weight is 1150 g/mol. The van der Waals surface area contributed by atoms with Crippen molar-refractivity contribution >= 4 is 46.7 Å². The fraction of sp³-hybridized carbons (Fsp3) is 0.727. The quantitative estimate of drug-likeness (QED) is 0.0103. The van der Waals surface area contributed by atoms with Crippen molar-refractivity contribution in [3.8, 4) is 0 Å². The van der Waals surface area contributed by atoms with Gasteiger partial charge >= 0.3 is 46.7 Å². The van der Waals surface area contributed by atoms with Crippen LogP contribution >= 0.6 is 46.7 Å². The van der Waals surface area contributed by atoms with Gasteiger partial charge in [-0.25, -0.2) is 42.1 Å². The first-order valence-electron chi connectivity index (χ1n) is 17.4. The molecule has 7 atom stereocenters. The van der Waals surface area contributed by atoms with Gasteiger partial charge in [0.25, 0.3) is 0 Å². The second-order valence-electron chi connectivity index (χ2n) is 11.0. The molecule has 9 N–H and O–H groups in total. The summed E-state index contributed by atoms with van der Waals surface area (Å²) in [5.41, 5.74) is 1.20. The zero-order valence-electron chi connectivity index (χ0n) is 35.0. The number of hydrogen-bond acceptors (Lipinski definition) is 33. The fourth-order valence-electron chi connectivity index (χ4n) is 2.95. The molecule has 0 saturated carbocycles. The molecule has 0 heterocycles. The summed E-state index contributed by atoms with van der Waals surface area (Å²) in [4.78, 5) is 90.5. The van der Waals surface area contributed by atoms with E-state index in [2.05, 4.69) is 121 Å². The molecular weight excluding hydrogens is 1110 g/mol. The van der Waals surface area contributed by atoms with Crippen molar-refractivity contribution in [1.82, 2.24) is 10.9 Å². The van der Waals surface area contributed by atoms with Crippen molar-refractivity contribution in [3.05, 3.63) is 37.6 Å². The van der Waals surface area contributed by atoms with Crippen LogP contribution < -0.4 is 10.9 Å². The molecule has 0 radical (unpaired) electrons. The molecule has 0 fully saturated rings. The largest absolute Gasteiger partial charge is 0.527 e. The molecule has 69 heavy (non-hydrogen) atoms. The predicted molar refractivity (Wildman–Crippen MR) is 200 cm³/mol. The number of hydrogen-bond donors (Lipinski definition) is 9. The highest BCUT2D eigenvalue weighted by molar-refractivity contribution is 7.52. The highest BCUT2D eigenvalue weighted by atomic mass is 31.2. The lowest BCUT2D eigenvalue weighted by Crippen LogP contribution is -2.26. The highest BCUT2D eigenvalue weighted by Crippen LogP contribution is 2.47. The lowest BCUT2D eigenvalue weighted by Gasteiger charge is -2.19. The molecule has 0 rings (SSSR count). The van der Waals surface area contributed by atoms with E-state index < -0.39 is 131 Å². The highest BCUT2D eigenvalue weighted by Gasteiger charge is 2.28. The minimum Gasteiger partial charge on any atom is -0.429 e.